The van der Waals surface area contributed by atoms with Crippen LogP contribution in [0.25, 0.3) is 10.2 Å². The third kappa shape index (κ3) is 3.85. The minimum Gasteiger partial charge on any atom is -0.334 e. The first-order chi connectivity index (χ1) is 14.0. The van der Waals surface area contributed by atoms with Crippen molar-refractivity contribution in [2.45, 2.75) is 20.3 Å². The second-order valence-electron chi connectivity index (χ2n) is 6.43. The molecule has 0 fully saturated rings. The number of nitrogens with one attached hydrogen (secondary N) is 2. The summed E-state index contributed by atoms with van der Waals surface area (Å²) in [5.74, 6) is 0.225. The Morgan fingerprint density at radius 2 is 1.86 bits per heavy atom. The van der Waals surface area contributed by atoms with Crippen molar-refractivity contribution < 1.29 is 4.92 Å². The number of anilines is 4. The minimum atomic E-state index is -0.489. The van der Waals surface area contributed by atoms with Crippen molar-refractivity contribution >= 4 is 49.7 Å². The molecule has 0 bridgehead atoms. The molecule has 0 aliphatic rings. The summed E-state index contributed by atoms with van der Waals surface area (Å²) in [4.78, 5) is 24.0. The maximum atomic E-state index is 11.8. The van der Waals surface area contributed by atoms with Gasteiger partial charge in [-0.1, -0.05) is 42.5 Å². The third-order valence-corrected chi connectivity index (χ3v) is 5.36. The fourth-order valence-corrected chi connectivity index (χ4v) is 3.96. The van der Waals surface area contributed by atoms with Crippen LogP contribution in [-0.4, -0.2) is 19.9 Å². The van der Waals surface area contributed by atoms with Gasteiger partial charge in [0.1, 0.15) is 6.33 Å². The van der Waals surface area contributed by atoms with Crippen molar-refractivity contribution in [1.82, 2.24) is 15.0 Å². The van der Waals surface area contributed by atoms with Gasteiger partial charge in [-0.05, 0) is 42.7 Å². The molecule has 0 saturated carbocycles. The Morgan fingerprint density at radius 3 is 2.62 bits per heavy atom. The zero-order valence-corrected chi connectivity index (χ0v) is 16.7. The topological polar surface area (TPSA) is 106 Å². The van der Waals surface area contributed by atoms with Gasteiger partial charge in [0.15, 0.2) is 5.13 Å². The Hall–Kier alpha value is -3.59. The van der Waals surface area contributed by atoms with Crippen LogP contribution < -0.4 is 10.6 Å². The normalized spacial score (nSPS) is 10.8. The Morgan fingerprint density at radius 1 is 1.10 bits per heavy atom. The van der Waals surface area contributed by atoms with Crippen LogP contribution in [0.2, 0.25) is 0 Å². The molecule has 2 heterocycles. The van der Waals surface area contributed by atoms with Crippen LogP contribution in [0.3, 0.4) is 0 Å². The lowest BCUT2D eigenvalue weighted by atomic mass is 10.1. The number of aryl methyl sites for hydroxylation is 2. The molecule has 0 aliphatic heterocycles. The standard InChI is InChI=1S/C20H18N6O2S/c1-3-13-6-4-5-7-14(13)23-18-17(26(27)28)19(22-11-21-18)25-20-24-15-9-8-12(2)10-16(15)29-20/h4-11H,3H2,1-2H3,(H2,21,22,23,24,25). The number of thiazole rings is 1. The summed E-state index contributed by atoms with van der Waals surface area (Å²) >= 11 is 1.42. The van der Waals surface area contributed by atoms with E-state index in [4.69, 9.17) is 0 Å². The Kier molecular flexibility index (Phi) is 5.05. The van der Waals surface area contributed by atoms with Gasteiger partial charge in [0.25, 0.3) is 0 Å². The lowest BCUT2D eigenvalue weighted by Gasteiger charge is -2.11. The molecule has 29 heavy (non-hydrogen) atoms. The summed E-state index contributed by atoms with van der Waals surface area (Å²) in [6.07, 6.45) is 2.09. The van der Waals surface area contributed by atoms with Gasteiger partial charge in [-0.3, -0.25) is 10.1 Å². The van der Waals surface area contributed by atoms with E-state index in [0.29, 0.717) is 5.13 Å². The fraction of sp³-hybridized carbons (Fsp3) is 0.150. The van der Waals surface area contributed by atoms with E-state index in [-0.39, 0.29) is 17.3 Å². The van der Waals surface area contributed by atoms with Crippen LogP contribution in [-0.2, 0) is 6.42 Å². The highest BCUT2D eigenvalue weighted by Crippen LogP contribution is 2.35. The summed E-state index contributed by atoms with van der Waals surface area (Å²) in [5, 5.41) is 18.4. The summed E-state index contributed by atoms with van der Waals surface area (Å²) < 4.78 is 0.999. The Bertz CT molecular complexity index is 1210. The molecule has 8 nitrogen and oxygen atoms in total. The maximum Gasteiger partial charge on any atom is 0.353 e. The van der Waals surface area contributed by atoms with Crippen molar-refractivity contribution in [3.8, 4) is 0 Å². The first kappa shape index (κ1) is 18.8. The smallest absolute Gasteiger partial charge is 0.334 e. The molecule has 0 spiro atoms. The second-order valence-corrected chi connectivity index (χ2v) is 7.46. The first-order valence-electron chi connectivity index (χ1n) is 9.03. The largest absolute Gasteiger partial charge is 0.353 e. The number of nitro groups is 1. The van der Waals surface area contributed by atoms with Gasteiger partial charge in [0.05, 0.1) is 15.1 Å². The van der Waals surface area contributed by atoms with E-state index in [2.05, 4.69) is 25.6 Å². The summed E-state index contributed by atoms with van der Waals surface area (Å²) in [5.41, 5.74) is 3.54. The van der Waals surface area contributed by atoms with Crippen molar-refractivity contribution in [2.75, 3.05) is 10.6 Å². The lowest BCUT2D eigenvalue weighted by molar-refractivity contribution is -0.383. The van der Waals surface area contributed by atoms with E-state index in [1.165, 1.54) is 17.7 Å². The van der Waals surface area contributed by atoms with Gasteiger partial charge in [0.2, 0.25) is 11.6 Å². The number of hydrogen-bond donors (Lipinski definition) is 2. The predicted octanol–water partition coefficient (Wildman–Crippen LogP) is 5.35. The fourth-order valence-electron chi connectivity index (χ4n) is 3.00. The Balaban J connectivity index is 1.71. The van der Waals surface area contributed by atoms with E-state index in [1.54, 1.807) is 0 Å². The van der Waals surface area contributed by atoms with Crippen LogP contribution in [0.5, 0.6) is 0 Å². The van der Waals surface area contributed by atoms with Crippen LogP contribution in [0.15, 0.2) is 48.8 Å². The van der Waals surface area contributed by atoms with Gasteiger partial charge >= 0.3 is 5.69 Å². The highest BCUT2D eigenvalue weighted by Gasteiger charge is 2.24. The number of benzene rings is 2. The molecule has 4 rings (SSSR count). The van der Waals surface area contributed by atoms with Crippen molar-refractivity contribution in [3.63, 3.8) is 0 Å². The molecule has 146 valence electrons. The third-order valence-electron chi connectivity index (χ3n) is 4.43. The van der Waals surface area contributed by atoms with Gasteiger partial charge < -0.3 is 10.6 Å². The van der Waals surface area contributed by atoms with Crippen LogP contribution in [0.1, 0.15) is 18.1 Å². The van der Waals surface area contributed by atoms with Crippen molar-refractivity contribution in [2.24, 2.45) is 0 Å². The van der Waals surface area contributed by atoms with E-state index in [1.807, 2.05) is 56.3 Å². The summed E-state index contributed by atoms with van der Waals surface area (Å²) in [6, 6.07) is 13.6. The molecule has 2 aromatic carbocycles. The van der Waals surface area contributed by atoms with Crippen LogP contribution >= 0.6 is 11.3 Å². The number of aromatic nitrogens is 3. The molecule has 0 aliphatic carbocycles. The number of hydrogen-bond acceptors (Lipinski definition) is 8. The van der Waals surface area contributed by atoms with E-state index < -0.39 is 4.92 Å². The van der Waals surface area contributed by atoms with Gasteiger partial charge in [-0.25, -0.2) is 15.0 Å². The molecular weight excluding hydrogens is 388 g/mol. The molecule has 0 atom stereocenters. The van der Waals surface area contributed by atoms with Gasteiger partial charge in [-0.15, -0.1) is 0 Å². The molecule has 0 radical (unpaired) electrons. The highest BCUT2D eigenvalue weighted by atomic mass is 32.1. The molecule has 0 amide bonds. The van der Waals surface area contributed by atoms with Crippen LogP contribution in [0, 0.1) is 17.0 Å². The van der Waals surface area contributed by atoms with Crippen molar-refractivity contribution in [3.05, 3.63) is 70.0 Å². The highest BCUT2D eigenvalue weighted by molar-refractivity contribution is 7.22. The first-order valence-corrected chi connectivity index (χ1v) is 9.85. The number of fused-ring (bicyclic) bond motifs is 1. The lowest BCUT2D eigenvalue weighted by Crippen LogP contribution is -2.06. The minimum absolute atomic E-state index is 0.0947. The molecule has 2 aromatic heterocycles. The molecule has 0 saturated heterocycles. The van der Waals surface area contributed by atoms with E-state index in [0.717, 1.165) is 33.5 Å². The predicted molar refractivity (Wildman–Crippen MR) is 115 cm³/mol. The average Bonchev–Trinajstić information content (AvgIpc) is 3.09. The van der Waals surface area contributed by atoms with E-state index >= 15 is 0 Å². The van der Waals surface area contributed by atoms with E-state index in [9.17, 15) is 10.1 Å². The average molecular weight is 406 g/mol. The number of para-hydroxylation sites is 1. The molecule has 9 heteroatoms. The van der Waals surface area contributed by atoms with Gasteiger partial charge in [0, 0.05) is 5.69 Å². The van der Waals surface area contributed by atoms with Gasteiger partial charge in [-0.2, -0.15) is 0 Å². The van der Waals surface area contributed by atoms with Crippen LogP contribution in [0.4, 0.5) is 28.1 Å². The maximum absolute atomic E-state index is 11.8. The zero-order chi connectivity index (χ0) is 20.4. The van der Waals surface area contributed by atoms with Crippen molar-refractivity contribution in [1.29, 1.82) is 0 Å². The monoisotopic (exact) mass is 406 g/mol. The molecule has 4 aromatic rings. The summed E-state index contributed by atoms with van der Waals surface area (Å²) in [6.45, 7) is 4.03. The quantitative estimate of drug-likeness (QED) is 0.328. The molecular formula is C20H18N6O2S. The number of nitrogens with zero attached hydrogens (tertiary/aromatic N) is 4. The number of rotatable bonds is 6. The Labute approximate surface area is 170 Å². The second kappa shape index (κ2) is 7.80. The molecule has 2 N–H and O–H groups in total. The zero-order valence-electron chi connectivity index (χ0n) is 15.8. The summed E-state index contributed by atoms with van der Waals surface area (Å²) in [7, 11) is 0. The molecule has 0 unspecified atom stereocenters. The SMILES string of the molecule is CCc1ccccc1Nc1ncnc(Nc2nc3ccc(C)cc3s2)c1[N+](=O)[O-].